The summed E-state index contributed by atoms with van der Waals surface area (Å²) in [6.07, 6.45) is 5.24. The quantitative estimate of drug-likeness (QED) is 0.862. The van der Waals surface area contributed by atoms with Crippen LogP contribution < -0.4 is 5.73 Å². The molecular formula is C16H24FN3. The average Bonchev–Trinajstić information content (AvgIpc) is 2.93. The minimum absolute atomic E-state index is 0.175. The third-order valence-corrected chi connectivity index (χ3v) is 4.69. The predicted octanol–water partition coefficient (Wildman–Crippen LogP) is 2.47. The Hall–Kier alpha value is -1.13. The summed E-state index contributed by atoms with van der Waals surface area (Å²) in [5, 5.41) is 0. The molecule has 1 atom stereocenters. The number of nitrogens with two attached hydrogens (primary N) is 1. The van der Waals surface area contributed by atoms with Crippen LogP contribution in [0, 0.1) is 5.82 Å². The van der Waals surface area contributed by atoms with Gasteiger partial charge in [0.2, 0.25) is 0 Å². The molecule has 3 nitrogen and oxygen atoms in total. The Bertz CT molecular complexity index is 437. The number of anilines is 1. The third-order valence-electron chi connectivity index (χ3n) is 4.69. The molecule has 0 spiro atoms. The summed E-state index contributed by atoms with van der Waals surface area (Å²) in [4.78, 5) is 4.96. The molecule has 2 heterocycles. The van der Waals surface area contributed by atoms with E-state index >= 15 is 0 Å². The maximum atomic E-state index is 13.8. The minimum Gasteiger partial charge on any atom is -0.398 e. The maximum absolute atomic E-state index is 13.8. The van der Waals surface area contributed by atoms with Gasteiger partial charge in [0, 0.05) is 36.9 Å². The Morgan fingerprint density at radius 1 is 1.15 bits per heavy atom. The second-order valence-electron chi connectivity index (χ2n) is 6.08. The first-order valence-electron chi connectivity index (χ1n) is 7.73. The van der Waals surface area contributed by atoms with Crippen molar-refractivity contribution in [3.05, 3.63) is 29.6 Å². The fourth-order valence-corrected chi connectivity index (χ4v) is 3.50. The van der Waals surface area contributed by atoms with Crippen molar-refractivity contribution in [2.45, 2.75) is 38.3 Å². The molecule has 0 amide bonds. The molecule has 2 saturated heterocycles. The number of benzene rings is 1. The monoisotopic (exact) mass is 277 g/mol. The van der Waals surface area contributed by atoms with Gasteiger partial charge in [0.15, 0.2) is 0 Å². The highest BCUT2D eigenvalue weighted by atomic mass is 19.1. The molecule has 3 rings (SSSR count). The highest BCUT2D eigenvalue weighted by Gasteiger charge is 2.28. The summed E-state index contributed by atoms with van der Waals surface area (Å²) >= 11 is 0. The van der Waals surface area contributed by atoms with E-state index in [1.807, 2.05) is 0 Å². The van der Waals surface area contributed by atoms with E-state index in [2.05, 4.69) is 9.80 Å². The van der Waals surface area contributed by atoms with Crippen molar-refractivity contribution in [1.82, 2.24) is 9.80 Å². The second-order valence-corrected chi connectivity index (χ2v) is 6.08. The molecule has 2 N–H and O–H groups in total. The molecule has 0 radical (unpaired) electrons. The SMILES string of the molecule is Nc1cccc(F)c1CN1CCC(N2CCCCC2)C1. The van der Waals surface area contributed by atoms with Crippen LogP contribution >= 0.6 is 0 Å². The lowest BCUT2D eigenvalue weighted by atomic mass is 10.1. The van der Waals surface area contributed by atoms with Crippen LogP contribution in [0.5, 0.6) is 0 Å². The van der Waals surface area contributed by atoms with Crippen LogP contribution in [0.3, 0.4) is 0 Å². The number of hydrogen-bond acceptors (Lipinski definition) is 3. The maximum Gasteiger partial charge on any atom is 0.129 e. The van der Waals surface area contributed by atoms with Crippen LogP contribution in [0.2, 0.25) is 0 Å². The molecule has 2 aliphatic heterocycles. The van der Waals surface area contributed by atoms with Crippen molar-refractivity contribution in [2.24, 2.45) is 0 Å². The highest BCUT2D eigenvalue weighted by molar-refractivity contribution is 5.47. The van der Waals surface area contributed by atoms with E-state index in [1.54, 1.807) is 12.1 Å². The Kier molecular flexibility index (Phi) is 4.22. The highest BCUT2D eigenvalue weighted by Crippen LogP contribution is 2.24. The summed E-state index contributed by atoms with van der Waals surface area (Å²) in [5.74, 6) is -0.175. The zero-order valence-corrected chi connectivity index (χ0v) is 12.0. The fraction of sp³-hybridized carbons (Fsp3) is 0.625. The van der Waals surface area contributed by atoms with E-state index in [9.17, 15) is 4.39 Å². The first-order valence-corrected chi connectivity index (χ1v) is 7.73. The van der Waals surface area contributed by atoms with E-state index < -0.39 is 0 Å². The molecule has 0 aliphatic carbocycles. The fourth-order valence-electron chi connectivity index (χ4n) is 3.50. The van der Waals surface area contributed by atoms with E-state index in [-0.39, 0.29) is 5.82 Å². The zero-order chi connectivity index (χ0) is 13.9. The van der Waals surface area contributed by atoms with Gasteiger partial charge in [0.05, 0.1) is 0 Å². The first-order chi connectivity index (χ1) is 9.74. The molecule has 1 aromatic rings. The van der Waals surface area contributed by atoms with Gasteiger partial charge in [0.25, 0.3) is 0 Å². The topological polar surface area (TPSA) is 32.5 Å². The van der Waals surface area contributed by atoms with Crippen LogP contribution in [0.1, 0.15) is 31.2 Å². The van der Waals surface area contributed by atoms with Crippen LogP contribution in [-0.2, 0) is 6.54 Å². The summed E-state index contributed by atoms with van der Waals surface area (Å²) in [6.45, 7) is 5.21. The number of nitrogens with zero attached hydrogens (tertiary/aromatic N) is 2. The number of rotatable bonds is 3. The van der Waals surface area contributed by atoms with Gasteiger partial charge < -0.3 is 5.73 Å². The standard InChI is InChI=1S/C16H24FN3/c17-15-5-4-6-16(18)14(15)12-19-10-7-13(11-19)20-8-2-1-3-9-20/h4-6,13H,1-3,7-12,18H2. The molecule has 4 heteroatoms. The Morgan fingerprint density at radius 3 is 2.70 bits per heavy atom. The van der Waals surface area contributed by atoms with E-state index in [1.165, 1.54) is 44.8 Å². The van der Waals surface area contributed by atoms with Gasteiger partial charge in [0.1, 0.15) is 5.82 Å². The van der Waals surface area contributed by atoms with E-state index in [0.717, 1.165) is 13.1 Å². The van der Waals surface area contributed by atoms with Crippen molar-refractivity contribution in [3.63, 3.8) is 0 Å². The Labute approximate surface area is 120 Å². The summed E-state index contributed by atoms with van der Waals surface area (Å²) < 4.78 is 13.8. The Balaban J connectivity index is 1.60. The number of piperidine rings is 1. The third kappa shape index (κ3) is 2.96. The summed E-state index contributed by atoms with van der Waals surface area (Å²) in [7, 11) is 0. The molecule has 110 valence electrons. The molecule has 1 aromatic carbocycles. The number of hydrogen-bond donors (Lipinski definition) is 1. The van der Waals surface area contributed by atoms with Gasteiger partial charge in [-0.25, -0.2) is 4.39 Å². The zero-order valence-electron chi connectivity index (χ0n) is 12.0. The minimum atomic E-state index is -0.175. The van der Waals surface area contributed by atoms with Crippen LogP contribution in [0.15, 0.2) is 18.2 Å². The molecule has 1 unspecified atom stereocenters. The van der Waals surface area contributed by atoms with Gasteiger partial charge >= 0.3 is 0 Å². The van der Waals surface area contributed by atoms with Gasteiger partial charge in [-0.15, -0.1) is 0 Å². The molecular weight excluding hydrogens is 253 g/mol. The first kappa shape index (κ1) is 13.8. The lowest BCUT2D eigenvalue weighted by Gasteiger charge is -2.32. The van der Waals surface area contributed by atoms with Gasteiger partial charge in [-0.05, 0) is 44.5 Å². The Morgan fingerprint density at radius 2 is 1.95 bits per heavy atom. The smallest absolute Gasteiger partial charge is 0.129 e. The number of halogens is 1. The van der Waals surface area contributed by atoms with Crippen molar-refractivity contribution in [3.8, 4) is 0 Å². The molecule has 0 saturated carbocycles. The number of likely N-dealkylation sites (tertiary alicyclic amines) is 2. The molecule has 20 heavy (non-hydrogen) atoms. The lowest BCUT2D eigenvalue weighted by Crippen LogP contribution is -2.40. The predicted molar refractivity (Wildman–Crippen MR) is 79.9 cm³/mol. The van der Waals surface area contributed by atoms with Gasteiger partial charge in [-0.2, -0.15) is 0 Å². The molecule has 0 bridgehead atoms. The van der Waals surface area contributed by atoms with E-state index in [0.29, 0.717) is 23.8 Å². The van der Waals surface area contributed by atoms with Crippen LogP contribution in [0.4, 0.5) is 10.1 Å². The van der Waals surface area contributed by atoms with Crippen LogP contribution in [-0.4, -0.2) is 42.0 Å². The van der Waals surface area contributed by atoms with Crippen LogP contribution in [0.25, 0.3) is 0 Å². The summed E-state index contributed by atoms with van der Waals surface area (Å²) in [5.41, 5.74) is 7.13. The molecule has 2 fully saturated rings. The van der Waals surface area contributed by atoms with Crippen molar-refractivity contribution in [1.29, 1.82) is 0 Å². The normalized spacial score (nSPS) is 25.1. The lowest BCUT2D eigenvalue weighted by molar-refractivity contribution is 0.161. The molecule has 2 aliphatic rings. The van der Waals surface area contributed by atoms with E-state index in [4.69, 9.17) is 5.73 Å². The average molecular weight is 277 g/mol. The van der Waals surface area contributed by atoms with Gasteiger partial charge in [-0.3, -0.25) is 9.80 Å². The second kappa shape index (κ2) is 6.10. The summed E-state index contributed by atoms with van der Waals surface area (Å²) in [6, 6.07) is 5.62. The number of nitrogen functional groups attached to an aromatic ring is 1. The van der Waals surface area contributed by atoms with Crippen molar-refractivity contribution in [2.75, 3.05) is 31.9 Å². The molecule has 0 aromatic heterocycles. The van der Waals surface area contributed by atoms with Crippen molar-refractivity contribution >= 4 is 5.69 Å². The largest absolute Gasteiger partial charge is 0.398 e. The van der Waals surface area contributed by atoms with Gasteiger partial charge in [-0.1, -0.05) is 12.5 Å². The van der Waals surface area contributed by atoms with Crippen molar-refractivity contribution < 1.29 is 4.39 Å².